The molecule has 3 aliphatic rings. The molecular formula is C17H26O5. The third kappa shape index (κ3) is 1.62. The predicted octanol–water partition coefficient (Wildman–Crippen LogP) is 1.01. The number of rotatable bonds is 1. The van der Waals surface area contributed by atoms with Gasteiger partial charge in [0.05, 0.1) is 17.8 Å². The Labute approximate surface area is 131 Å². The van der Waals surface area contributed by atoms with Crippen LogP contribution >= 0.6 is 0 Å². The number of hydrogen-bond donors (Lipinski definition) is 3. The van der Waals surface area contributed by atoms with Crippen molar-refractivity contribution in [2.24, 2.45) is 22.7 Å². The zero-order valence-electron chi connectivity index (χ0n) is 13.7. The quantitative estimate of drug-likeness (QED) is 0.497. The zero-order valence-corrected chi connectivity index (χ0v) is 13.7. The van der Waals surface area contributed by atoms with Crippen molar-refractivity contribution in [2.75, 3.05) is 0 Å². The number of esters is 1. The highest BCUT2D eigenvalue weighted by Crippen LogP contribution is 2.71. The van der Waals surface area contributed by atoms with Crippen LogP contribution in [0, 0.1) is 22.7 Å². The molecule has 3 fully saturated rings. The van der Waals surface area contributed by atoms with Crippen molar-refractivity contribution >= 4 is 5.97 Å². The van der Waals surface area contributed by atoms with Gasteiger partial charge < -0.3 is 20.1 Å². The van der Waals surface area contributed by atoms with E-state index in [9.17, 15) is 20.1 Å². The molecule has 0 aromatic rings. The fourth-order valence-electron chi connectivity index (χ4n) is 5.80. The largest absolute Gasteiger partial charge is 0.458 e. The number of carbonyl (C=O) groups excluding carboxylic acids is 1. The predicted molar refractivity (Wildman–Crippen MR) is 79.8 cm³/mol. The fraction of sp³-hybridized carbons (Fsp3) is 0.824. The van der Waals surface area contributed by atoms with E-state index in [1.54, 1.807) is 0 Å². The first-order valence-electron chi connectivity index (χ1n) is 7.92. The summed E-state index contributed by atoms with van der Waals surface area (Å²) in [6, 6.07) is 0. The molecule has 22 heavy (non-hydrogen) atoms. The summed E-state index contributed by atoms with van der Waals surface area (Å²) in [5, 5.41) is 32.8. The minimum atomic E-state index is -1.31. The van der Waals surface area contributed by atoms with Crippen LogP contribution in [0.5, 0.6) is 0 Å². The highest BCUT2D eigenvalue weighted by Gasteiger charge is 2.76. The van der Waals surface area contributed by atoms with Crippen LogP contribution in [0.15, 0.2) is 12.2 Å². The van der Waals surface area contributed by atoms with Gasteiger partial charge in [-0.2, -0.15) is 0 Å². The van der Waals surface area contributed by atoms with E-state index in [2.05, 4.69) is 6.58 Å². The molecule has 3 N–H and O–H groups in total. The summed E-state index contributed by atoms with van der Waals surface area (Å²) in [6.45, 7) is 11.1. The van der Waals surface area contributed by atoms with E-state index in [-0.39, 0.29) is 5.92 Å². The number of aliphatic hydroxyl groups excluding tert-OH is 2. The maximum atomic E-state index is 11.5. The molecule has 0 bridgehead atoms. The van der Waals surface area contributed by atoms with E-state index < -0.39 is 46.6 Å². The number of carbonyl (C=O) groups is 1. The van der Waals surface area contributed by atoms with Gasteiger partial charge in [-0.3, -0.25) is 4.79 Å². The van der Waals surface area contributed by atoms with Crippen LogP contribution in [0.25, 0.3) is 0 Å². The molecule has 5 nitrogen and oxygen atoms in total. The first-order valence-corrected chi connectivity index (χ1v) is 7.92. The van der Waals surface area contributed by atoms with Gasteiger partial charge in [0.1, 0.15) is 6.10 Å². The maximum Gasteiger partial charge on any atom is 0.303 e. The lowest BCUT2D eigenvalue weighted by Crippen LogP contribution is -2.48. The minimum absolute atomic E-state index is 0.324. The minimum Gasteiger partial charge on any atom is -0.458 e. The molecule has 5 heteroatoms. The van der Waals surface area contributed by atoms with Crippen LogP contribution in [-0.2, 0) is 9.53 Å². The molecular weight excluding hydrogens is 284 g/mol. The summed E-state index contributed by atoms with van der Waals surface area (Å²) in [4.78, 5) is 11.3. The third-order valence-corrected chi connectivity index (χ3v) is 6.64. The molecule has 3 saturated carbocycles. The molecule has 0 aliphatic heterocycles. The topological polar surface area (TPSA) is 87.0 Å². The van der Waals surface area contributed by atoms with Crippen molar-refractivity contribution in [3.8, 4) is 0 Å². The number of fused-ring (bicyclic) bond motifs is 3. The Morgan fingerprint density at radius 3 is 2.45 bits per heavy atom. The second-order valence-corrected chi connectivity index (χ2v) is 8.22. The molecule has 3 aliphatic carbocycles. The Bertz CT molecular complexity index is 541. The highest BCUT2D eigenvalue weighted by atomic mass is 16.5. The molecule has 0 aromatic carbocycles. The van der Waals surface area contributed by atoms with Gasteiger partial charge in [0.2, 0.25) is 0 Å². The van der Waals surface area contributed by atoms with Crippen molar-refractivity contribution in [3.63, 3.8) is 0 Å². The number of aliphatic hydroxyl groups is 3. The van der Waals surface area contributed by atoms with Crippen molar-refractivity contribution in [1.29, 1.82) is 0 Å². The van der Waals surface area contributed by atoms with Crippen molar-refractivity contribution in [1.82, 2.24) is 0 Å². The summed E-state index contributed by atoms with van der Waals surface area (Å²) in [5.74, 6) is -1.15. The molecule has 0 spiro atoms. The van der Waals surface area contributed by atoms with Crippen molar-refractivity contribution in [3.05, 3.63) is 12.2 Å². The van der Waals surface area contributed by atoms with E-state index in [1.807, 2.05) is 20.8 Å². The molecule has 7 atom stereocenters. The monoisotopic (exact) mass is 310 g/mol. The van der Waals surface area contributed by atoms with Crippen LogP contribution < -0.4 is 0 Å². The third-order valence-electron chi connectivity index (χ3n) is 6.64. The van der Waals surface area contributed by atoms with E-state index in [0.29, 0.717) is 18.4 Å². The summed E-state index contributed by atoms with van der Waals surface area (Å²) in [5.41, 5.74) is -1.96. The fourth-order valence-corrected chi connectivity index (χ4v) is 5.80. The molecule has 0 amide bonds. The van der Waals surface area contributed by atoms with Gasteiger partial charge in [-0.15, -0.1) is 0 Å². The van der Waals surface area contributed by atoms with Crippen molar-refractivity contribution in [2.45, 2.75) is 64.4 Å². The average Bonchev–Trinajstić information content (AvgIpc) is 2.79. The summed E-state index contributed by atoms with van der Waals surface area (Å²) < 4.78 is 5.28. The lowest BCUT2D eigenvalue weighted by Gasteiger charge is -2.42. The van der Waals surface area contributed by atoms with Crippen molar-refractivity contribution < 1.29 is 24.9 Å². The lowest BCUT2D eigenvalue weighted by atomic mass is 9.65. The van der Waals surface area contributed by atoms with E-state index in [4.69, 9.17) is 4.74 Å². The second kappa shape index (κ2) is 4.34. The lowest BCUT2D eigenvalue weighted by molar-refractivity contribution is -0.145. The number of hydrogen-bond acceptors (Lipinski definition) is 5. The van der Waals surface area contributed by atoms with Crippen LogP contribution in [0.3, 0.4) is 0 Å². The van der Waals surface area contributed by atoms with Gasteiger partial charge in [-0.1, -0.05) is 27.4 Å². The Morgan fingerprint density at radius 2 is 1.91 bits per heavy atom. The van der Waals surface area contributed by atoms with Crippen LogP contribution in [0.2, 0.25) is 0 Å². The standard InChI is InChI=1S/C17H26O5/c1-8-11(22-9(2)18)6-10-13(20)16(5)7-12(19)15(3,4)14(16)17(8,10)21/h10-14,19-21H,1,6-7H2,2-5H3/t10-,11-,12+,13-,14-,16-,17+/m0/s1. The van der Waals surface area contributed by atoms with E-state index >= 15 is 0 Å². The summed E-state index contributed by atoms with van der Waals surface area (Å²) >= 11 is 0. The zero-order chi connectivity index (χ0) is 16.7. The Kier molecular flexibility index (Phi) is 3.15. The number of ether oxygens (including phenoxy) is 1. The summed E-state index contributed by atoms with van der Waals surface area (Å²) in [7, 11) is 0. The van der Waals surface area contributed by atoms with Gasteiger partial charge in [0.15, 0.2) is 0 Å². The smallest absolute Gasteiger partial charge is 0.303 e. The highest BCUT2D eigenvalue weighted by molar-refractivity contribution is 5.66. The Hall–Kier alpha value is -0.910. The molecule has 0 heterocycles. The second-order valence-electron chi connectivity index (χ2n) is 8.22. The molecule has 0 aromatic heterocycles. The Morgan fingerprint density at radius 1 is 1.32 bits per heavy atom. The Balaban J connectivity index is 2.06. The molecule has 124 valence electrons. The first kappa shape index (κ1) is 16.0. The first-order chi connectivity index (χ1) is 9.97. The van der Waals surface area contributed by atoms with Gasteiger partial charge in [0, 0.05) is 24.2 Å². The average molecular weight is 310 g/mol. The van der Waals surface area contributed by atoms with E-state index in [0.717, 1.165) is 0 Å². The summed E-state index contributed by atoms with van der Waals surface area (Å²) in [6.07, 6.45) is -1.08. The molecule has 0 saturated heterocycles. The normalized spacial score (nSPS) is 52.5. The van der Waals surface area contributed by atoms with Gasteiger partial charge in [0.25, 0.3) is 0 Å². The van der Waals surface area contributed by atoms with Crippen LogP contribution in [0.4, 0.5) is 0 Å². The SMILES string of the molecule is C=C1[C@@H](OC(C)=O)C[C@H]2[C@H](O)[C@]3(C)C[C@@H](O)C(C)(C)[C@@H]3[C@@]12O. The van der Waals surface area contributed by atoms with E-state index in [1.165, 1.54) is 6.92 Å². The molecule has 0 unspecified atom stereocenters. The van der Waals surface area contributed by atoms with Gasteiger partial charge in [-0.05, 0) is 23.8 Å². The molecule has 3 rings (SSSR count). The van der Waals surface area contributed by atoms with Gasteiger partial charge in [-0.25, -0.2) is 0 Å². The van der Waals surface area contributed by atoms with Gasteiger partial charge >= 0.3 is 5.97 Å². The van der Waals surface area contributed by atoms with Crippen LogP contribution in [0.1, 0.15) is 40.5 Å². The molecule has 0 radical (unpaired) electrons. The maximum absolute atomic E-state index is 11.5. The van der Waals surface area contributed by atoms with Crippen LogP contribution in [-0.4, -0.2) is 45.2 Å².